The second kappa shape index (κ2) is 7.33. The number of likely N-dealkylation sites (tertiary alicyclic amines) is 1. The van der Waals surface area contributed by atoms with Crippen LogP contribution in [0.15, 0.2) is 0 Å². The van der Waals surface area contributed by atoms with Crippen LogP contribution in [-0.4, -0.2) is 53.8 Å². The van der Waals surface area contributed by atoms with E-state index in [2.05, 4.69) is 5.32 Å². The summed E-state index contributed by atoms with van der Waals surface area (Å²) in [5, 5.41) is 12.0. The molecule has 3 atom stereocenters. The highest BCUT2D eigenvalue weighted by Gasteiger charge is 2.37. The van der Waals surface area contributed by atoms with Crippen LogP contribution in [-0.2, 0) is 9.53 Å². The minimum absolute atomic E-state index is 0.0146. The Labute approximate surface area is 114 Å². The molecule has 0 aromatic heterocycles. The minimum atomic E-state index is -0.931. The van der Waals surface area contributed by atoms with Gasteiger partial charge in [-0.1, -0.05) is 6.92 Å². The molecule has 2 amide bonds. The van der Waals surface area contributed by atoms with Crippen molar-refractivity contribution in [1.82, 2.24) is 10.2 Å². The molecule has 0 bridgehead atoms. The van der Waals surface area contributed by atoms with Crippen LogP contribution in [0.4, 0.5) is 4.79 Å². The van der Waals surface area contributed by atoms with E-state index in [1.54, 1.807) is 0 Å². The molecule has 19 heavy (non-hydrogen) atoms. The fourth-order valence-corrected chi connectivity index (χ4v) is 2.42. The first-order valence-electron chi connectivity index (χ1n) is 6.85. The number of rotatable bonds is 5. The number of amides is 2. The molecule has 1 aliphatic rings. The summed E-state index contributed by atoms with van der Waals surface area (Å²) in [6.45, 7) is 7.14. The largest absolute Gasteiger partial charge is 0.480 e. The maximum Gasteiger partial charge on any atom is 0.326 e. The molecular formula is C13H24N2O4. The third-order valence-corrected chi connectivity index (χ3v) is 3.39. The van der Waals surface area contributed by atoms with E-state index in [9.17, 15) is 14.7 Å². The molecule has 0 saturated carbocycles. The van der Waals surface area contributed by atoms with Crippen molar-refractivity contribution >= 4 is 12.0 Å². The summed E-state index contributed by atoms with van der Waals surface area (Å²) < 4.78 is 5.23. The Morgan fingerprint density at radius 3 is 2.79 bits per heavy atom. The highest BCUT2D eigenvalue weighted by Crippen LogP contribution is 2.23. The molecule has 1 saturated heterocycles. The van der Waals surface area contributed by atoms with Crippen molar-refractivity contribution in [2.24, 2.45) is 5.92 Å². The Kier molecular flexibility index (Phi) is 6.08. The maximum absolute atomic E-state index is 12.1. The lowest BCUT2D eigenvalue weighted by atomic mass is 9.91. The number of ether oxygens (including phenoxy) is 1. The molecule has 0 aliphatic carbocycles. The predicted molar refractivity (Wildman–Crippen MR) is 71.0 cm³/mol. The summed E-state index contributed by atoms with van der Waals surface area (Å²) >= 11 is 0. The Balaban J connectivity index is 2.60. The number of aliphatic carboxylic acids is 1. The second-order valence-corrected chi connectivity index (χ2v) is 5.11. The summed E-state index contributed by atoms with van der Waals surface area (Å²) in [5.41, 5.74) is 0. The zero-order valence-electron chi connectivity index (χ0n) is 11.9. The van der Waals surface area contributed by atoms with Crippen LogP contribution in [0.3, 0.4) is 0 Å². The lowest BCUT2D eigenvalue weighted by Crippen LogP contribution is -2.56. The third-order valence-electron chi connectivity index (χ3n) is 3.39. The van der Waals surface area contributed by atoms with Crippen molar-refractivity contribution in [3.05, 3.63) is 0 Å². The van der Waals surface area contributed by atoms with E-state index in [-0.39, 0.29) is 18.0 Å². The van der Waals surface area contributed by atoms with Gasteiger partial charge in [0, 0.05) is 13.2 Å². The molecule has 0 aromatic rings. The Bertz CT molecular complexity index is 322. The van der Waals surface area contributed by atoms with Gasteiger partial charge in [-0.3, -0.25) is 0 Å². The highest BCUT2D eigenvalue weighted by atomic mass is 16.5. The van der Waals surface area contributed by atoms with Crippen LogP contribution in [0, 0.1) is 5.92 Å². The molecule has 2 N–H and O–H groups in total. The van der Waals surface area contributed by atoms with Gasteiger partial charge in [-0.05, 0) is 32.6 Å². The maximum atomic E-state index is 12.1. The van der Waals surface area contributed by atoms with Gasteiger partial charge < -0.3 is 20.1 Å². The van der Waals surface area contributed by atoms with Crippen molar-refractivity contribution < 1.29 is 19.4 Å². The molecule has 1 fully saturated rings. The summed E-state index contributed by atoms with van der Waals surface area (Å²) in [7, 11) is 0. The van der Waals surface area contributed by atoms with Crippen molar-refractivity contribution in [1.29, 1.82) is 0 Å². The van der Waals surface area contributed by atoms with Crippen LogP contribution in [0.2, 0.25) is 0 Å². The number of carbonyl (C=O) groups is 2. The number of nitrogens with one attached hydrogen (secondary N) is 1. The SMILES string of the molecule is CCOCC(C)NC(=O)N1CCCC(C)C1C(=O)O. The van der Waals surface area contributed by atoms with Crippen molar-refractivity contribution in [2.45, 2.75) is 45.7 Å². The van der Waals surface area contributed by atoms with Gasteiger partial charge in [0.25, 0.3) is 0 Å². The average molecular weight is 272 g/mol. The van der Waals surface area contributed by atoms with Gasteiger partial charge in [-0.25, -0.2) is 9.59 Å². The van der Waals surface area contributed by atoms with E-state index in [1.165, 1.54) is 4.90 Å². The number of carbonyl (C=O) groups excluding carboxylic acids is 1. The molecule has 1 rings (SSSR count). The third kappa shape index (κ3) is 4.38. The van der Waals surface area contributed by atoms with Crippen LogP contribution in [0.25, 0.3) is 0 Å². The number of carboxylic acids is 1. The standard InChI is InChI=1S/C13H24N2O4/c1-4-19-8-10(3)14-13(18)15-7-5-6-9(2)11(15)12(16)17/h9-11H,4-8H2,1-3H3,(H,14,18)(H,16,17). The fraction of sp³-hybridized carbons (Fsp3) is 0.846. The normalized spacial score (nSPS) is 24.9. The minimum Gasteiger partial charge on any atom is -0.480 e. The van der Waals surface area contributed by atoms with Gasteiger partial charge in [0.1, 0.15) is 6.04 Å². The zero-order chi connectivity index (χ0) is 14.4. The highest BCUT2D eigenvalue weighted by molar-refractivity contribution is 5.83. The molecule has 0 radical (unpaired) electrons. The average Bonchev–Trinajstić information content (AvgIpc) is 2.35. The molecule has 6 nitrogen and oxygen atoms in total. The first-order chi connectivity index (χ1) is 8.97. The van der Waals surface area contributed by atoms with E-state index in [4.69, 9.17) is 4.74 Å². The van der Waals surface area contributed by atoms with E-state index >= 15 is 0 Å². The smallest absolute Gasteiger partial charge is 0.326 e. The van der Waals surface area contributed by atoms with Crippen LogP contribution in [0.5, 0.6) is 0 Å². The molecular weight excluding hydrogens is 248 g/mol. The van der Waals surface area contributed by atoms with Crippen molar-refractivity contribution in [3.63, 3.8) is 0 Å². The Morgan fingerprint density at radius 1 is 1.53 bits per heavy atom. The number of hydrogen-bond acceptors (Lipinski definition) is 3. The molecule has 1 aliphatic heterocycles. The predicted octanol–water partition coefficient (Wildman–Crippen LogP) is 1.31. The number of hydrogen-bond donors (Lipinski definition) is 2. The summed E-state index contributed by atoms with van der Waals surface area (Å²) in [6.07, 6.45) is 1.69. The van der Waals surface area contributed by atoms with Crippen molar-refractivity contribution in [2.75, 3.05) is 19.8 Å². The quantitative estimate of drug-likeness (QED) is 0.791. The van der Waals surface area contributed by atoms with Gasteiger partial charge in [0.15, 0.2) is 0 Å². The first-order valence-corrected chi connectivity index (χ1v) is 6.85. The van der Waals surface area contributed by atoms with Crippen LogP contribution in [0.1, 0.15) is 33.6 Å². The molecule has 110 valence electrons. The Hall–Kier alpha value is -1.30. The van der Waals surface area contributed by atoms with E-state index in [0.29, 0.717) is 19.8 Å². The number of nitrogens with zero attached hydrogens (tertiary/aromatic N) is 1. The van der Waals surface area contributed by atoms with E-state index in [1.807, 2.05) is 20.8 Å². The van der Waals surface area contributed by atoms with Gasteiger partial charge >= 0.3 is 12.0 Å². The molecule has 0 spiro atoms. The lowest BCUT2D eigenvalue weighted by molar-refractivity contribution is -0.145. The molecule has 6 heteroatoms. The van der Waals surface area contributed by atoms with Crippen LogP contribution >= 0.6 is 0 Å². The van der Waals surface area contributed by atoms with E-state index in [0.717, 1.165) is 12.8 Å². The van der Waals surface area contributed by atoms with Gasteiger partial charge in [-0.2, -0.15) is 0 Å². The summed E-state index contributed by atoms with van der Waals surface area (Å²) in [6, 6.07) is -1.17. The lowest BCUT2D eigenvalue weighted by Gasteiger charge is -2.37. The number of urea groups is 1. The fourth-order valence-electron chi connectivity index (χ4n) is 2.42. The number of piperidine rings is 1. The van der Waals surface area contributed by atoms with E-state index < -0.39 is 12.0 Å². The Morgan fingerprint density at radius 2 is 2.21 bits per heavy atom. The number of carboxylic acid groups (broad SMARTS) is 1. The molecule has 0 aromatic carbocycles. The van der Waals surface area contributed by atoms with Crippen molar-refractivity contribution in [3.8, 4) is 0 Å². The van der Waals surface area contributed by atoms with Gasteiger partial charge in [0.05, 0.1) is 12.6 Å². The monoisotopic (exact) mass is 272 g/mol. The van der Waals surface area contributed by atoms with Gasteiger partial charge in [-0.15, -0.1) is 0 Å². The van der Waals surface area contributed by atoms with Gasteiger partial charge in [0.2, 0.25) is 0 Å². The summed E-state index contributed by atoms with van der Waals surface area (Å²) in [4.78, 5) is 24.8. The summed E-state index contributed by atoms with van der Waals surface area (Å²) in [5.74, 6) is -0.945. The first kappa shape index (κ1) is 15.8. The molecule has 1 heterocycles. The van der Waals surface area contributed by atoms with Crippen LogP contribution < -0.4 is 5.32 Å². The molecule has 3 unspecified atom stereocenters. The zero-order valence-corrected chi connectivity index (χ0v) is 11.9. The topological polar surface area (TPSA) is 78.9 Å². The second-order valence-electron chi connectivity index (χ2n) is 5.11.